The van der Waals surface area contributed by atoms with Crippen molar-refractivity contribution in [2.24, 2.45) is 0 Å². The molecule has 2 rings (SSSR count). The first-order chi connectivity index (χ1) is 11.0. The zero-order chi connectivity index (χ0) is 16.8. The largest absolute Gasteiger partial charge is 0.491 e. The first-order valence-electron chi connectivity index (χ1n) is 7.38. The fraction of sp³-hybridized carbons (Fsp3) is 0.278. The third-order valence-corrected chi connectivity index (χ3v) is 3.49. The van der Waals surface area contributed by atoms with Crippen LogP contribution in [-0.2, 0) is 11.3 Å². The summed E-state index contributed by atoms with van der Waals surface area (Å²) in [5.41, 5.74) is 2.14. The number of aliphatic hydroxyl groups excluding tert-OH is 1. The number of nitrogens with zero attached hydrogens (tertiary/aromatic N) is 1. The molecule has 0 atom stereocenters. The predicted molar refractivity (Wildman–Crippen MR) is 87.0 cm³/mol. The summed E-state index contributed by atoms with van der Waals surface area (Å²) in [7, 11) is 0. The third-order valence-electron chi connectivity index (χ3n) is 3.49. The van der Waals surface area contributed by atoms with Crippen LogP contribution < -0.4 is 9.64 Å². The predicted octanol–water partition coefficient (Wildman–Crippen LogP) is 3.06. The summed E-state index contributed by atoms with van der Waals surface area (Å²) in [6, 6.07) is 11.7. The van der Waals surface area contributed by atoms with Gasteiger partial charge in [0.1, 0.15) is 18.2 Å². The van der Waals surface area contributed by atoms with Crippen LogP contribution in [0.4, 0.5) is 10.1 Å². The molecule has 4 nitrogen and oxygen atoms in total. The van der Waals surface area contributed by atoms with Gasteiger partial charge in [-0.2, -0.15) is 0 Å². The second-order valence-corrected chi connectivity index (χ2v) is 5.22. The van der Waals surface area contributed by atoms with Crippen molar-refractivity contribution in [2.75, 3.05) is 18.1 Å². The summed E-state index contributed by atoms with van der Waals surface area (Å²) < 4.78 is 19.1. The minimum atomic E-state index is -0.387. The van der Waals surface area contributed by atoms with Gasteiger partial charge in [0, 0.05) is 18.2 Å². The van der Waals surface area contributed by atoms with Gasteiger partial charge in [-0.25, -0.2) is 4.39 Å². The van der Waals surface area contributed by atoms with Crippen molar-refractivity contribution in [1.29, 1.82) is 0 Å². The number of hydrogen-bond donors (Lipinski definition) is 1. The Bertz CT molecular complexity index is 688. The second kappa shape index (κ2) is 7.74. The van der Waals surface area contributed by atoms with Gasteiger partial charge in [0.25, 0.3) is 0 Å². The third kappa shape index (κ3) is 4.29. The van der Waals surface area contributed by atoms with Crippen molar-refractivity contribution in [1.82, 2.24) is 0 Å². The fourth-order valence-corrected chi connectivity index (χ4v) is 2.34. The van der Waals surface area contributed by atoms with E-state index in [9.17, 15) is 9.18 Å². The Morgan fingerprint density at radius 1 is 1.26 bits per heavy atom. The maximum Gasteiger partial charge on any atom is 0.224 e. The molecule has 0 saturated heterocycles. The summed E-state index contributed by atoms with van der Waals surface area (Å²) in [6.07, 6.45) is 0. The van der Waals surface area contributed by atoms with Crippen LogP contribution in [-0.4, -0.2) is 24.2 Å². The lowest BCUT2D eigenvalue weighted by Crippen LogP contribution is -2.29. The van der Waals surface area contributed by atoms with Crippen LogP contribution in [0.3, 0.4) is 0 Å². The molecule has 122 valence electrons. The molecule has 5 heteroatoms. The molecule has 0 aliphatic carbocycles. The van der Waals surface area contributed by atoms with Crippen molar-refractivity contribution < 1.29 is 19.0 Å². The van der Waals surface area contributed by atoms with Gasteiger partial charge in [-0.1, -0.05) is 24.3 Å². The molecule has 0 saturated carbocycles. The van der Waals surface area contributed by atoms with Crippen LogP contribution in [0.25, 0.3) is 0 Å². The highest BCUT2D eigenvalue weighted by atomic mass is 19.1. The van der Waals surface area contributed by atoms with Gasteiger partial charge in [-0.3, -0.25) is 4.79 Å². The number of carbonyl (C=O) groups is 1. The summed E-state index contributed by atoms with van der Waals surface area (Å²) in [5.74, 6) is 0.0270. The van der Waals surface area contributed by atoms with E-state index in [1.807, 2.05) is 25.1 Å². The van der Waals surface area contributed by atoms with E-state index >= 15 is 0 Å². The molecule has 0 fully saturated rings. The molecule has 0 unspecified atom stereocenters. The fourth-order valence-electron chi connectivity index (χ4n) is 2.34. The van der Waals surface area contributed by atoms with E-state index in [-0.39, 0.29) is 31.5 Å². The number of rotatable bonds is 6. The zero-order valence-electron chi connectivity index (χ0n) is 13.3. The Kier molecular flexibility index (Phi) is 5.71. The molecule has 0 spiro atoms. The number of aryl methyl sites for hydroxylation is 1. The molecule has 2 aromatic carbocycles. The zero-order valence-corrected chi connectivity index (χ0v) is 13.3. The van der Waals surface area contributed by atoms with Crippen molar-refractivity contribution in [2.45, 2.75) is 20.4 Å². The highest BCUT2D eigenvalue weighted by Crippen LogP contribution is 2.26. The van der Waals surface area contributed by atoms with Crippen LogP contribution >= 0.6 is 0 Å². The average Bonchev–Trinajstić information content (AvgIpc) is 2.53. The van der Waals surface area contributed by atoms with Gasteiger partial charge >= 0.3 is 0 Å². The molecule has 0 radical (unpaired) electrons. The van der Waals surface area contributed by atoms with E-state index in [0.29, 0.717) is 11.4 Å². The van der Waals surface area contributed by atoms with Crippen LogP contribution in [0.5, 0.6) is 5.75 Å². The topological polar surface area (TPSA) is 49.8 Å². The Morgan fingerprint density at radius 2 is 2.00 bits per heavy atom. The number of hydrogen-bond acceptors (Lipinski definition) is 3. The minimum Gasteiger partial charge on any atom is -0.491 e. The number of aliphatic hydroxyl groups is 1. The molecule has 1 N–H and O–H groups in total. The number of para-hydroxylation sites is 1. The number of amides is 1. The molecular formula is C18H20FNO3. The maximum absolute atomic E-state index is 13.6. The minimum absolute atomic E-state index is 0.0895. The molecule has 0 aliphatic rings. The highest BCUT2D eigenvalue weighted by molar-refractivity contribution is 5.92. The van der Waals surface area contributed by atoms with E-state index in [1.165, 1.54) is 24.0 Å². The molecule has 0 aliphatic heterocycles. The normalized spacial score (nSPS) is 10.4. The molecule has 0 heterocycles. The van der Waals surface area contributed by atoms with E-state index in [0.717, 1.165) is 11.1 Å². The van der Waals surface area contributed by atoms with Gasteiger partial charge < -0.3 is 14.7 Å². The molecule has 0 bridgehead atoms. The van der Waals surface area contributed by atoms with Crippen molar-refractivity contribution in [3.63, 3.8) is 0 Å². The van der Waals surface area contributed by atoms with Crippen molar-refractivity contribution in [3.8, 4) is 5.75 Å². The van der Waals surface area contributed by atoms with Gasteiger partial charge in [0.15, 0.2) is 0 Å². The molecule has 0 aromatic heterocycles. The van der Waals surface area contributed by atoms with E-state index < -0.39 is 0 Å². The Labute approximate surface area is 135 Å². The lowest BCUT2D eigenvalue weighted by atomic mass is 10.1. The average molecular weight is 317 g/mol. The maximum atomic E-state index is 13.6. The standard InChI is InChI=1S/C18H20FNO3/c1-13-7-8-16(19)11-17(13)20(14(2)22)12-15-5-3-4-6-18(15)23-10-9-21/h3-8,11,21H,9-10,12H2,1-2H3. The monoisotopic (exact) mass is 317 g/mol. The first-order valence-corrected chi connectivity index (χ1v) is 7.38. The summed E-state index contributed by atoms with van der Waals surface area (Å²) in [5, 5.41) is 8.90. The van der Waals surface area contributed by atoms with Crippen LogP contribution in [0.1, 0.15) is 18.1 Å². The molecule has 23 heavy (non-hydrogen) atoms. The highest BCUT2D eigenvalue weighted by Gasteiger charge is 2.17. The number of benzene rings is 2. The van der Waals surface area contributed by atoms with Crippen LogP contribution in [0.2, 0.25) is 0 Å². The SMILES string of the molecule is CC(=O)N(Cc1ccccc1OCCO)c1cc(F)ccc1C. The molecular weight excluding hydrogens is 297 g/mol. The Morgan fingerprint density at radius 3 is 2.70 bits per heavy atom. The van der Waals surface area contributed by atoms with Crippen molar-refractivity contribution in [3.05, 3.63) is 59.4 Å². The summed E-state index contributed by atoms with van der Waals surface area (Å²) in [6.45, 7) is 3.63. The van der Waals surface area contributed by atoms with Crippen molar-refractivity contribution >= 4 is 11.6 Å². The first kappa shape index (κ1) is 17.0. The lowest BCUT2D eigenvalue weighted by Gasteiger charge is -2.24. The van der Waals surface area contributed by atoms with Gasteiger partial charge in [-0.05, 0) is 30.7 Å². The lowest BCUT2D eigenvalue weighted by molar-refractivity contribution is -0.116. The van der Waals surface area contributed by atoms with Gasteiger partial charge in [0.2, 0.25) is 5.91 Å². The van der Waals surface area contributed by atoms with E-state index in [2.05, 4.69) is 0 Å². The Hall–Kier alpha value is -2.40. The smallest absolute Gasteiger partial charge is 0.224 e. The van der Waals surface area contributed by atoms with Crippen LogP contribution in [0.15, 0.2) is 42.5 Å². The number of halogens is 1. The van der Waals surface area contributed by atoms with Crippen LogP contribution in [0, 0.1) is 12.7 Å². The van der Waals surface area contributed by atoms with E-state index in [4.69, 9.17) is 9.84 Å². The van der Waals surface area contributed by atoms with E-state index in [1.54, 1.807) is 12.1 Å². The summed E-state index contributed by atoms with van der Waals surface area (Å²) >= 11 is 0. The molecule has 2 aromatic rings. The van der Waals surface area contributed by atoms with Gasteiger partial charge in [-0.15, -0.1) is 0 Å². The summed E-state index contributed by atoms with van der Waals surface area (Å²) in [4.78, 5) is 13.6. The number of carbonyl (C=O) groups excluding carboxylic acids is 1. The van der Waals surface area contributed by atoms with Gasteiger partial charge in [0.05, 0.1) is 13.2 Å². The number of ether oxygens (including phenoxy) is 1. The molecule has 1 amide bonds. The quantitative estimate of drug-likeness (QED) is 0.891. The Balaban J connectivity index is 2.34. The number of anilines is 1. The second-order valence-electron chi connectivity index (χ2n) is 5.22.